The highest BCUT2D eigenvalue weighted by Crippen LogP contribution is 2.31. The lowest BCUT2D eigenvalue weighted by Gasteiger charge is -2.18. The first-order chi connectivity index (χ1) is 15.1. The summed E-state index contributed by atoms with van der Waals surface area (Å²) in [6.07, 6.45) is 1.80. The maximum absolute atomic E-state index is 12.7. The van der Waals surface area contributed by atoms with Gasteiger partial charge in [-0.1, -0.05) is 48.0 Å². The third-order valence-corrected chi connectivity index (χ3v) is 5.51. The number of furan rings is 1. The molecule has 1 aromatic heterocycles. The van der Waals surface area contributed by atoms with E-state index in [4.69, 9.17) is 20.8 Å². The number of rotatable bonds is 8. The first kappa shape index (κ1) is 21.2. The fraction of sp³-hybridized carbons (Fsp3) is 0.250. The minimum Gasteiger partial charge on any atom is -0.467 e. The fourth-order valence-corrected chi connectivity index (χ4v) is 3.85. The van der Waals surface area contributed by atoms with Crippen LogP contribution in [-0.2, 0) is 34.1 Å². The number of benzene rings is 2. The van der Waals surface area contributed by atoms with Crippen LogP contribution in [0.25, 0.3) is 0 Å². The second-order valence-electron chi connectivity index (χ2n) is 7.47. The van der Waals surface area contributed by atoms with Crippen LogP contribution in [0.1, 0.15) is 23.3 Å². The van der Waals surface area contributed by atoms with Crippen molar-refractivity contribution >= 4 is 29.1 Å². The molecule has 2 amide bonds. The summed E-state index contributed by atoms with van der Waals surface area (Å²) in [6, 6.07) is 18.7. The largest absolute Gasteiger partial charge is 0.467 e. The van der Waals surface area contributed by atoms with E-state index in [1.54, 1.807) is 23.3 Å². The number of anilines is 1. The zero-order valence-corrected chi connectivity index (χ0v) is 17.7. The Labute approximate surface area is 185 Å². The van der Waals surface area contributed by atoms with Crippen molar-refractivity contribution in [3.05, 3.63) is 88.8 Å². The normalized spacial score (nSPS) is 16.0. The van der Waals surface area contributed by atoms with E-state index in [9.17, 15) is 9.59 Å². The number of carbonyl (C=O) groups is 2. The quantitative estimate of drug-likeness (QED) is 0.568. The molecule has 1 saturated heterocycles. The van der Waals surface area contributed by atoms with Gasteiger partial charge in [0.15, 0.2) is 0 Å². The number of para-hydroxylation sites is 1. The van der Waals surface area contributed by atoms with Gasteiger partial charge in [-0.25, -0.2) is 0 Å². The second kappa shape index (κ2) is 9.81. The molecule has 31 heavy (non-hydrogen) atoms. The highest BCUT2D eigenvalue weighted by atomic mass is 35.5. The van der Waals surface area contributed by atoms with Crippen LogP contribution in [-0.4, -0.2) is 18.4 Å². The maximum Gasteiger partial charge on any atom is 0.227 e. The van der Waals surface area contributed by atoms with Crippen LogP contribution in [0.5, 0.6) is 0 Å². The lowest BCUT2D eigenvalue weighted by atomic mass is 10.1. The molecular formula is C24H23ClN2O4. The van der Waals surface area contributed by atoms with Gasteiger partial charge in [-0.15, -0.1) is 0 Å². The van der Waals surface area contributed by atoms with Gasteiger partial charge in [-0.05, 0) is 35.4 Å². The van der Waals surface area contributed by atoms with Crippen LogP contribution in [0.4, 0.5) is 5.69 Å². The smallest absolute Gasteiger partial charge is 0.227 e. The van der Waals surface area contributed by atoms with E-state index in [1.807, 2.05) is 48.5 Å². The van der Waals surface area contributed by atoms with Gasteiger partial charge in [0.25, 0.3) is 0 Å². The number of halogens is 1. The number of nitrogens with one attached hydrogen (secondary N) is 1. The van der Waals surface area contributed by atoms with Crippen LogP contribution in [0.2, 0.25) is 5.02 Å². The molecule has 0 spiro atoms. The average Bonchev–Trinajstić information content (AvgIpc) is 3.43. The van der Waals surface area contributed by atoms with Crippen LogP contribution in [0, 0.1) is 5.92 Å². The summed E-state index contributed by atoms with van der Waals surface area (Å²) in [6.45, 7) is 1.58. The third-order valence-electron chi connectivity index (χ3n) is 5.19. The Bertz CT molecular complexity index is 1050. The van der Waals surface area contributed by atoms with E-state index >= 15 is 0 Å². The molecule has 1 aliphatic heterocycles. The first-order valence-electron chi connectivity index (χ1n) is 10.1. The molecule has 3 aromatic rings. The van der Waals surface area contributed by atoms with Crippen molar-refractivity contribution in [1.82, 2.24) is 5.32 Å². The molecule has 6 nitrogen and oxygen atoms in total. The summed E-state index contributed by atoms with van der Waals surface area (Å²) in [5.41, 5.74) is 2.63. The molecule has 1 N–H and O–H groups in total. The molecule has 160 valence electrons. The minimum absolute atomic E-state index is 0.0936. The molecular weight excluding hydrogens is 416 g/mol. The van der Waals surface area contributed by atoms with Gasteiger partial charge in [0.1, 0.15) is 12.4 Å². The molecule has 1 unspecified atom stereocenters. The molecule has 0 radical (unpaired) electrons. The van der Waals surface area contributed by atoms with Crippen molar-refractivity contribution in [1.29, 1.82) is 0 Å². The van der Waals surface area contributed by atoms with Crippen molar-refractivity contribution in [3.63, 3.8) is 0 Å². The highest BCUT2D eigenvalue weighted by molar-refractivity contribution is 6.33. The summed E-state index contributed by atoms with van der Waals surface area (Å²) >= 11 is 6.21. The number of hydrogen-bond acceptors (Lipinski definition) is 4. The lowest BCUT2D eigenvalue weighted by molar-refractivity contribution is -0.126. The molecule has 1 aliphatic rings. The predicted octanol–water partition coefficient (Wildman–Crippen LogP) is 4.32. The Morgan fingerprint density at radius 1 is 1.10 bits per heavy atom. The standard InChI is InChI=1S/C24H23ClN2O4/c25-21-8-1-2-9-22(21)27-14-19(12-23(27)28)24(29)26-13-17-5-3-6-18(11-17)15-30-16-20-7-4-10-31-20/h1-11,19H,12-16H2,(H,26,29). The Balaban J connectivity index is 1.29. The highest BCUT2D eigenvalue weighted by Gasteiger charge is 2.35. The van der Waals surface area contributed by atoms with Crippen molar-refractivity contribution in [3.8, 4) is 0 Å². The van der Waals surface area contributed by atoms with E-state index < -0.39 is 5.92 Å². The first-order valence-corrected chi connectivity index (χ1v) is 10.5. The van der Waals surface area contributed by atoms with Gasteiger partial charge in [0, 0.05) is 19.5 Å². The Morgan fingerprint density at radius 3 is 2.74 bits per heavy atom. The van der Waals surface area contributed by atoms with Gasteiger partial charge in [-0.3, -0.25) is 9.59 Å². The maximum atomic E-state index is 12.7. The van der Waals surface area contributed by atoms with Crippen molar-refractivity contribution < 1.29 is 18.7 Å². The van der Waals surface area contributed by atoms with Crippen LogP contribution < -0.4 is 10.2 Å². The second-order valence-corrected chi connectivity index (χ2v) is 7.87. The van der Waals surface area contributed by atoms with Crippen molar-refractivity contribution in [2.24, 2.45) is 5.92 Å². The van der Waals surface area contributed by atoms with Crippen molar-refractivity contribution in [2.75, 3.05) is 11.4 Å². The number of amides is 2. The van der Waals surface area contributed by atoms with E-state index in [0.717, 1.165) is 16.9 Å². The van der Waals surface area contributed by atoms with E-state index in [-0.39, 0.29) is 18.2 Å². The van der Waals surface area contributed by atoms with Crippen LogP contribution in [0.15, 0.2) is 71.3 Å². The zero-order valence-electron chi connectivity index (χ0n) is 16.9. The van der Waals surface area contributed by atoms with E-state index in [1.165, 1.54) is 0 Å². The molecule has 0 bridgehead atoms. The monoisotopic (exact) mass is 438 g/mol. The van der Waals surface area contributed by atoms with Gasteiger partial charge in [0.05, 0.1) is 29.5 Å². The van der Waals surface area contributed by atoms with Crippen LogP contribution in [0.3, 0.4) is 0 Å². The summed E-state index contributed by atoms with van der Waals surface area (Å²) in [7, 11) is 0. The van der Waals surface area contributed by atoms with Gasteiger partial charge in [-0.2, -0.15) is 0 Å². The van der Waals surface area contributed by atoms with E-state index in [2.05, 4.69) is 5.32 Å². The average molecular weight is 439 g/mol. The number of hydrogen-bond donors (Lipinski definition) is 1. The fourth-order valence-electron chi connectivity index (χ4n) is 3.61. The molecule has 0 aliphatic carbocycles. The topological polar surface area (TPSA) is 71.8 Å². The summed E-state index contributed by atoms with van der Waals surface area (Å²) in [4.78, 5) is 26.7. The van der Waals surface area contributed by atoms with Gasteiger partial charge >= 0.3 is 0 Å². The molecule has 4 rings (SSSR count). The van der Waals surface area contributed by atoms with Gasteiger partial charge < -0.3 is 19.4 Å². The molecule has 0 saturated carbocycles. The Hall–Kier alpha value is -3.09. The van der Waals surface area contributed by atoms with Gasteiger partial charge in [0.2, 0.25) is 11.8 Å². The molecule has 2 aromatic carbocycles. The van der Waals surface area contributed by atoms with Crippen molar-refractivity contribution in [2.45, 2.75) is 26.2 Å². The predicted molar refractivity (Wildman–Crippen MR) is 117 cm³/mol. The minimum atomic E-state index is -0.399. The summed E-state index contributed by atoms with van der Waals surface area (Å²) in [5.74, 6) is 0.148. The molecule has 2 heterocycles. The zero-order chi connectivity index (χ0) is 21.6. The molecule has 7 heteroatoms. The third kappa shape index (κ3) is 5.34. The SMILES string of the molecule is O=C(NCc1cccc(COCc2ccco2)c1)C1CC(=O)N(c2ccccc2Cl)C1. The lowest BCUT2D eigenvalue weighted by Crippen LogP contribution is -2.32. The molecule has 1 atom stereocenters. The Kier molecular flexibility index (Phi) is 6.70. The number of carbonyl (C=O) groups excluding carboxylic acids is 2. The molecule has 1 fully saturated rings. The number of nitrogens with zero attached hydrogens (tertiary/aromatic N) is 1. The number of ether oxygens (including phenoxy) is 1. The summed E-state index contributed by atoms with van der Waals surface area (Å²) < 4.78 is 10.9. The Morgan fingerprint density at radius 2 is 1.94 bits per heavy atom. The van der Waals surface area contributed by atoms with E-state index in [0.29, 0.717) is 37.0 Å². The summed E-state index contributed by atoms with van der Waals surface area (Å²) in [5, 5.41) is 3.45. The van der Waals surface area contributed by atoms with Crippen LogP contribution >= 0.6 is 11.6 Å².